The molecule has 4 fully saturated rings. The van der Waals surface area contributed by atoms with Gasteiger partial charge in [0, 0.05) is 17.4 Å². The molecule has 2 heterocycles. The van der Waals surface area contributed by atoms with Crippen LogP contribution in [0.4, 0.5) is 22.0 Å². The molecule has 0 radical (unpaired) electrons. The van der Waals surface area contributed by atoms with Gasteiger partial charge in [-0.05, 0) is 62.5 Å². The van der Waals surface area contributed by atoms with Crippen molar-refractivity contribution in [2.24, 2.45) is 29.6 Å². The molecule has 38 heavy (non-hydrogen) atoms. The highest BCUT2D eigenvalue weighted by atomic mass is 19.3. The summed E-state index contributed by atoms with van der Waals surface area (Å²) in [7, 11) is 0. The van der Waals surface area contributed by atoms with Gasteiger partial charge in [0.05, 0.1) is 32.3 Å². The molecule has 0 spiro atoms. The number of ether oxygens (including phenoxy) is 5. The van der Waals surface area contributed by atoms with Crippen LogP contribution in [0.25, 0.3) is 0 Å². The Morgan fingerprint density at radius 2 is 1.26 bits per heavy atom. The molecule has 2 saturated heterocycles. The molecule has 0 amide bonds. The van der Waals surface area contributed by atoms with Gasteiger partial charge in [-0.15, -0.1) is 0 Å². The predicted octanol–water partition coefficient (Wildman–Crippen LogP) is 6.75. The zero-order valence-corrected chi connectivity index (χ0v) is 21.7. The van der Waals surface area contributed by atoms with Gasteiger partial charge in [0.1, 0.15) is 6.10 Å². The second-order valence-electron chi connectivity index (χ2n) is 11.5. The Labute approximate surface area is 220 Å². The van der Waals surface area contributed by atoms with Crippen LogP contribution in [0, 0.1) is 47.0 Å². The minimum absolute atomic E-state index is 0.0725. The monoisotopic (exact) mass is 548 g/mol. The molecule has 2 aliphatic heterocycles. The van der Waals surface area contributed by atoms with Gasteiger partial charge in [-0.1, -0.05) is 19.8 Å². The third kappa shape index (κ3) is 6.52. The van der Waals surface area contributed by atoms with Crippen molar-refractivity contribution < 1.29 is 45.6 Å². The highest BCUT2D eigenvalue weighted by Gasteiger charge is 2.47. The zero-order chi connectivity index (χ0) is 26.9. The topological polar surface area (TPSA) is 46.2 Å². The van der Waals surface area contributed by atoms with E-state index in [9.17, 15) is 22.0 Å². The van der Waals surface area contributed by atoms with Gasteiger partial charge in [-0.2, -0.15) is 8.78 Å². The molecule has 1 aromatic carbocycles. The molecule has 2 aliphatic carbocycles. The first kappa shape index (κ1) is 28.2. The minimum Gasteiger partial charge on any atom is -0.352 e. The van der Waals surface area contributed by atoms with Crippen LogP contribution in [-0.2, 0) is 23.7 Å². The first-order valence-corrected chi connectivity index (χ1v) is 13.9. The summed E-state index contributed by atoms with van der Waals surface area (Å²) in [5, 5.41) is 0. The van der Waals surface area contributed by atoms with Crippen molar-refractivity contribution in [1.82, 2.24) is 0 Å². The third-order valence-corrected chi connectivity index (χ3v) is 8.78. The number of halogens is 5. The Morgan fingerprint density at radius 1 is 0.711 bits per heavy atom. The fourth-order valence-corrected chi connectivity index (χ4v) is 6.34. The van der Waals surface area contributed by atoms with Crippen LogP contribution in [0.15, 0.2) is 12.1 Å². The van der Waals surface area contributed by atoms with E-state index in [-0.39, 0.29) is 43.8 Å². The Balaban J connectivity index is 1.04. The smallest absolute Gasteiger partial charge is 0.352 e. The molecule has 0 N–H and O–H groups in total. The maximum Gasteiger partial charge on any atom is 0.358 e. The molecule has 2 saturated carbocycles. The van der Waals surface area contributed by atoms with E-state index in [0.717, 1.165) is 18.1 Å². The summed E-state index contributed by atoms with van der Waals surface area (Å²) in [6, 6.07) is 1.52. The van der Waals surface area contributed by atoms with E-state index in [0.29, 0.717) is 37.9 Å². The lowest BCUT2D eigenvalue weighted by Gasteiger charge is -2.42. The number of alkyl halides is 2. The summed E-state index contributed by atoms with van der Waals surface area (Å²) in [5.74, 6) is -3.33. The Hall–Kier alpha value is -1.33. The number of benzene rings is 1. The van der Waals surface area contributed by atoms with Crippen molar-refractivity contribution >= 4 is 0 Å². The molecular weight excluding hydrogens is 511 g/mol. The summed E-state index contributed by atoms with van der Waals surface area (Å²) in [5.41, 5.74) is -0.0725. The maximum absolute atomic E-state index is 15.0. The molecular formula is C28H37F5O5. The largest absolute Gasteiger partial charge is 0.358 e. The molecule has 0 aromatic heterocycles. The zero-order valence-electron chi connectivity index (χ0n) is 21.7. The van der Waals surface area contributed by atoms with Crippen molar-refractivity contribution in [3.05, 3.63) is 35.1 Å². The highest BCUT2D eigenvalue weighted by molar-refractivity contribution is 5.20. The van der Waals surface area contributed by atoms with Crippen LogP contribution < -0.4 is 0 Å². The molecule has 5 rings (SSSR count). The number of rotatable bonds is 6. The van der Waals surface area contributed by atoms with Crippen molar-refractivity contribution in [3.63, 3.8) is 0 Å². The van der Waals surface area contributed by atoms with Crippen molar-refractivity contribution in [1.29, 1.82) is 0 Å². The summed E-state index contributed by atoms with van der Waals surface area (Å²) in [6.07, 6.45) is 0.753. The second-order valence-corrected chi connectivity index (χ2v) is 11.5. The Morgan fingerprint density at radius 3 is 1.84 bits per heavy atom. The lowest BCUT2D eigenvalue weighted by Crippen LogP contribution is -2.45. The first-order valence-electron chi connectivity index (χ1n) is 13.9. The summed E-state index contributed by atoms with van der Waals surface area (Å²) < 4.78 is 98.0. The number of hydrogen-bond donors (Lipinski definition) is 0. The van der Waals surface area contributed by atoms with Crippen LogP contribution in [0.1, 0.15) is 70.1 Å². The molecule has 10 heteroatoms. The van der Waals surface area contributed by atoms with Gasteiger partial charge in [0.2, 0.25) is 0 Å². The van der Waals surface area contributed by atoms with Crippen LogP contribution in [0.5, 0.6) is 0 Å². The fraction of sp³-hybridized carbons (Fsp3) is 0.786. The average molecular weight is 549 g/mol. The fourth-order valence-electron chi connectivity index (χ4n) is 6.34. The molecule has 4 aliphatic rings. The van der Waals surface area contributed by atoms with E-state index >= 15 is 0 Å². The molecule has 0 bridgehead atoms. The van der Waals surface area contributed by atoms with Crippen molar-refractivity contribution in [3.8, 4) is 0 Å². The van der Waals surface area contributed by atoms with Gasteiger partial charge in [-0.3, -0.25) is 0 Å². The predicted molar refractivity (Wildman–Crippen MR) is 127 cm³/mol. The average Bonchev–Trinajstić information content (AvgIpc) is 2.92. The summed E-state index contributed by atoms with van der Waals surface area (Å²) in [6.45, 7) is 3.17. The van der Waals surface area contributed by atoms with Gasteiger partial charge in [0.25, 0.3) is 0 Å². The van der Waals surface area contributed by atoms with Crippen LogP contribution in [-0.4, -0.2) is 44.9 Å². The second kappa shape index (κ2) is 12.0. The Kier molecular flexibility index (Phi) is 8.94. The molecule has 0 unspecified atom stereocenters. The normalized spacial score (nSPS) is 37.2. The molecule has 5 nitrogen and oxygen atoms in total. The van der Waals surface area contributed by atoms with E-state index in [1.54, 1.807) is 0 Å². The SMILES string of the molecule is CC1CCC(C2COC(C3CCC(C(F)(F)OC4COC(c5cc(F)c(F)c(F)c5)OC4)CC3)OC2)CC1. The highest BCUT2D eigenvalue weighted by Crippen LogP contribution is 2.43. The summed E-state index contributed by atoms with van der Waals surface area (Å²) in [4.78, 5) is 0. The lowest BCUT2D eigenvalue weighted by atomic mass is 9.76. The van der Waals surface area contributed by atoms with Crippen LogP contribution in [0.2, 0.25) is 0 Å². The molecule has 1 aromatic rings. The van der Waals surface area contributed by atoms with Gasteiger partial charge in [0.15, 0.2) is 30.0 Å². The number of hydrogen-bond acceptors (Lipinski definition) is 5. The lowest BCUT2D eigenvalue weighted by molar-refractivity contribution is -0.336. The quantitative estimate of drug-likeness (QED) is 0.291. The van der Waals surface area contributed by atoms with Crippen LogP contribution >= 0.6 is 0 Å². The van der Waals surface area contributed by atoms with E-state index in [4.69, 9.17) is 23.7 Å². The summed E-state index contributed by atoms with van der Waals surface area (Å²) >= 11 is 0. The maximum atomic E-state index is 15.0. The minimum atomic E-state index is -3.37. The van der Waals surface area contributed by atoms with Crippen molar-refractivity contribution in [2.45, 2.75) is 83.1 Å². The van der Waals surface area contributed by atoms with Gasteiger partial charge >= 0.3 is 6.11 Å². The first-order chi connectivity index (χ1) is 18.2. The third-order valence-electron chi connectivity index (χ3n) is 8.78. The van der Waals surface area contributed by atoms with E-state index in [1.165, 1.54) is 25.7 Å². The van der Waals surface area contributed by atoms with E-state index in [1.807, 2.05) is 0 Å². The van der Waals surface area contributed by atoms with Crippen molar-refractivity contribution in [2.75, 3.05) is 26.4 Å². The van der Waals surface area contributed by atoms with Crippen LogP contribution in [0.3, 0.4) is 0 Å². The molecule has 214 valence electrons. The standard InChI is InChI=1S/C28H37F5O5/c1-16-2-4-17(5-3-16)20-12-34-26(35-13-20)18-6-8-21(9-7-18)28(32,33)38-22-14-36-27(37-15-22)19-10-23(29)25(31)24(30)11-19/h10-11,16-18,20-22,26-27H,2-9,12-15H2,1H3. The van der Waals surface area contributed by atoms with Gasteiger partial charge in [-0.25, -0.2) is 13.2 Å². The van der Waals surface area contributed by atoms with Gasteiger partial charge < -0.3 is 23.7 Å². The van der Waals surface area contributed by atoms with E-state index < -0.39 is 41.9 Å². The van der Waals surface area contributed by atoms with E-state index in [2.05, 4.69) is 6.92 Å². The molecule has 0 atom stereocenters. The Bertz CT molecular complexity index is 893.